The number of rotatable bonds is 4. The summed E-state index contributed by atoms with van der Waals surface area (Å²) >= 11 is 0. The first-order chi connectivity index (χ1) is 9.70. The monoisotopic (exact) mass is 276 g/mol. The second-order valence-electron chi connectivity index (χ2n) is 6.31. The summed E-state index contributed by atoms with van der Waals surface area (Å²) in [6, 6.07) is 5.59. The SMILES string of the molecule is CCNC(C)c1c(F)cccc1N1CC2CCCC2C1. The van der Waals surface area contributed by atoms with Gasteiger partial charge in [-0.25, -0.2) is 4.39 Å². The van der Waals surface area contributed by atoms with E-state index in [1.807, 2.05) is 6.07 Å². The van der Waals surface area contributed by atoms with Gasteiger partial charge in [0.1, 0.15) is 5.82 Å². The van der Waals surface area contributed by atoms with E-state index in [0.717, 1.165) is 42.7 Å². The largest absolute Gasteiger partial charge is 0.371 e. The van der Waals surface area contributed by atoms with Crippen LogP contribution in [0.2, 0.25) is 0 Å². The van der Waals surface area contributed by atoms with Crippen molar-refractivity contribution in [2.75, 3.05) is 24.5 Å². The number of hydrogen-bond acceptors (Lipinski definition) is 2. The van der Waals surface area contributed by atoms with Crippen LogP contribution in [-0.2, 0) is 0 Å². The topological polar surface area (TPSA) is 15.3 Å². The van der Waals surface area contributed by atoms with Gasteiger partial charge in [-0.1, -0.05) is 19.4 Å². The zero-order valence-electron chi connectivity index (χ0n) is 12.5. The maximum Gasteiger partial charge on any atom is 0.130 e. The van der Waals surface area contributed by atoms with Crippen LogP contribution in [0.4, 0.5) is 10.1 Å². The minimum atomic E-state index is -0.0759. The molecule has 0 bridgehead atoms. The van der Waals surface area contributed by atoms with Crippen LogP contribution in [0.15, 0.2) is 18.2 Å². The van der Waals surface area contributed by atoms with Gasteiger partial charge in [-0.2, -0.15) is 0 Å². The van der Waals surface area contributed by atoms with Crippen LogP contribution in [-0.4, -0.2) is 19.6 Å². The van der Waals surface area contributed by atoms with Crippen molar-refractivity contribution < 1.29 is 4.39 Å². The summed E-state index contributed by atoms with van der Waals surface area (Å²) in [5.41, 5.74) is 1.95. The second-order valence-corrected chi connectivity index (χ2v) is 6.31. The molecule has 3 rings (SSSR count). The third-order valence-electron chi connectivity index (χ3n) is 5.04. The predicted molar refractivity (Wildman–Crippen MR) is 81.5 cm³/mol. The van der Waals surface area contributed by atoms with Gasteiger partial charge in [-0.3, -0.25) is 0 Å². The minimum absolute atomic E-state index is 0.0663. The molecule has 2 aliphatic rings. The fourth-order valence-corrected chi connectivity index (χ4v) is 4.07. The molecule has 1 heterocycles. The predicted octanol–water partition coefficient (Wildman–Crippen LogP) is 3.73. The molecule has 1 N–H and O–H groups in total. The van der Waals surface area contributed by atoms with E-state index in [-0.39, 0.29) is 11.9 Å². The zero-order chi connectivity index (χ0) is 14.1. The Morgan fingerprint density at radius 3 is 2.65 bits per heavy atom. The number of anilines is 1. The van der Waals surface area contributed by atoms with Gasteiger partial charge in [0, 0.05) is 30.4 Å². The number of benzene rings is 1. The Morgan fingerprint density at radius 1 is 1.30 bits per heavy atom. The highest BCUT2D eigenvalue weighted by molar-refractivity contribution is 5.56. The summed E-state index contributed by atoms with van der Waals surface area (Å²) in [6.45, 7) is 7.21. The van der Waals surface area contributed by atoms with Gasteiger partial charge in [0.15, 0.2) is 0 Å². The van der Waals surface area contributed by atoms with E-state index in [1.165, 1.54) is 19.3 Å². The summed E-state index contributed by atoms with van der Waals surface area (Å²) in [7, 11) is 0. The number of nitrogens with zero attached hydrogens (tertiary/aromatic N) is 1. The van der Waals surface area contributed by atoms with Crippen LogP contribution in [0.25, 0.3) is 0 Å². The highest BCUT2D eigenvalue weighted by Gasteiger charge is 2.37. The number of fused-ring (bicyclic) bond motifs is 1. The average Bonchev–Trinajstić information content (AvgIpc) is 2.99. The van der Waals surface area contributed by atoms with E-state index in [0.29, 0.717) is 0 Å². The summed E-state index contributed by atoms with van der Waals surface area (Å²) in [4.78, 5) is 2.42. The lowest BCUT2D eigenvalue weighted by Gasteiger charge is -2.26. The summed E-state index contributed by atoms with van der Waals surface area (Å²) < 4.78 is 14.3. The van der Waals surface area contributed by atoms with E-state index in [9.17, 15) is 4.39 Å². The smallest absolute Gasteiger partial charge is 0.130 e. The molecular weight excluding hydrogens is 251 g/mol. The normalized spacial score (nSPS) is 26.9. The molecule has 2 nitrogen and oxygen atoms in total. The summed E-state index contributed by atoms with van der Waals surface area (Å²) in [6.07, 6.45) is 4.09. The van der Waals surface area contributed by atoms with E-state index in [2.05, 4.69) is 30.1 Å². The third-order valence-corrected chi connectivity index (χ3v) is 5.04. The first-order valence-corrected chi connectivity index (χ1v) is 7.97. The van der Waals surface area contributed by atoms with Gasteiger partial charge in [-0.05, 0) is 50.3 Å². The molecule has 0 spiro atoms. The van der Waals surface area contributed by atoms with Crippen molar-refractivity contribution in [2.45, 2.75) is 39.2 Å². The Bertz CT molecular complexity index is 462. The van der Waals surface area contributed by atoms with Crippen LogP contribution < -0.4 is 10.2 Å². The van der Waals surface area contributed by atoms with Gasteiger partial charge >= 0.3 is 0 Å². The first-order valence-electron chi connectivity index (χ1n) is 7.97. The van der Waals surface area contributed by atoms with E-state index < -0.39 is 0 Å². The molecule has 1 aliphatic heterocycles. The standard InChI is InChI=1S/C17H25FN2/c1-3-19-12(2)17-15(18)8-5-9-16(17)20-10-13-6-4-7-14(13)11-20/h5,8-9,12-14,19H,3-4,6-7,10-11H2,1-2H3. The van der Waals surface area contributed by atoms with Crippen LogP contribution in [0.5, 0.6) is 0 Å². The van der Waals surface area contributed by atoms with Gasteiger partial charge in [0.05, 0.1) is 0 Å². The molecular formula is C17H25FN2. The van der Waals surface area contributed by atoms with E-state index in [1.54, 1.807) is 6.07 Å². The molecule has 0 amide bonds. The van der Waals surface area contributed by atoms with E-state index in [4.69, 9.17) is 0 Å². The van der Waals surface area contributed by atoms with Gasteiger partial charge < -0.3 is 10.2 Å². The Balaban J connectivity index is 1.87. The van der Waals surface area contributed by atoms with Gasteiger partial charge in [-0.15, -0.1) is 0 Å². The second kappa shape index (κ2) is 5.72. The van der Waals surface area contributed by atoms with Crippen LogP contribution >= 0.6 is 0 Å². The summed E-state index contributed by atoms with van der Waals surface area (Å²) in [5, 5.41) is 3.35. The molecule has 3 heteroatoms. The third kappa shape index (κ3) is 2.44. The maximum atomic E-state index is 14.3. The van der Waals surface area contributed by atoms with Crippen molar-refractivity contribution in [3.05, 3.63) is 29.6 Å². The Kier molecular flexibility index (Phi) is 3.97. The van der Waals surface area contributed by atoms with Crippen molar-refractivity contribution in [2.24, 2.45) is 11.8 Å². The van der Waals surface area contributed by atoms with Crippen LogP contribution in [0, 0.1) is 17.7 Å². The van der Waals surface area contributed by atoms with Crippen molar-refractivity contribution in [1.29, 1.82) is 0 Å². The van der Waals surface area contributed by atoms with E-state index >= 15 is 0 Å². The lowest BCUT2D eigenvalue weighted by Crippen LogP contribution is -2.26. The van der Waals surface area contributed by atoms with Gasteiger partial charge in [0.25, 0.3) is 0 Å². The number of halogens is 1. The lowest BCUT2D eigenvalue weighted by molar-refractivity contribution is 0.494. The van der Waals surface area contributed by atoms with Gasteiger partial charge in [0.2, 0.25) is 0 Å². The quantitative estimate of drug-likeness (QED) is 0.901. The highest BCUT2D eigenvalue weighted by Crippen LogP contribution is 2.41. The Morgan fingerprint density at radius 2 is 2.00 bits per heavy atom. The van der Waals surface area contributed by atoms with Crippen molar-refractivity contribution >= 4 is 5.69 Å². The number of hydrogen-bond donors (Lipinski definition) is 1. The Labute approximate surface area is 121 Å². The van der Waals surface area contributed by atoms with Crippen LogP contribution in [0.1, 0.15) is 44.7 Å². The molecule has 1 saturated heterocycles. The average molecular weight is 276 g/mol. The molecule has 3 unspecified atom stereocenters. The Hall–Kier alpha value is -1.09. The molecule has 3 atom stereocenters. The molecule has 1 aromatic carbocycles. The molecule has 1 saturated carbocycles. The van der Waals surface area contributed by atoms with Crippen molar-refractivity contribution in [1.82, 2.24) is 5.32 Å². The molecule has 1 aliphatic carbocycles. The van der Waals surface area contributed by atoms with Crippen LogP contribution in [0.3, 0.4) is 0 Å². The molecule has 1 aromatic rings. The fraction of sp³-hybridized carbons (Fsp3) is 0.647. The molecule has 2 fully saturated rings. The molecule has 0 aromatic heterocycles. The molecule has 110 valence electrons. The maximum absolute atomic E-state index is 14.3. The summed E-state index contributed by atoms with van der Waals surface area (Å²) in [5.74, 6) is 1.59. The first kappa shape index (κ1) is 13.9. The zero-order valence-corrected chi connectivity index (χ0v) is 12.5. The molecule has 0 radical (unpaired) electrons. The number of nitrogens with one attached hydrogen (secondary N) is 1. The highest BCUT2D eigenvalue weighted by atomic mass is 19.1. The fourth-order valence-electron chi connectivity index (χ4n) is 4.07. The van der Waals surface area contributed by atoms with Crippen molar-refractivity contribution in [3.8, 4) is 0 Å². The van der Waals surface area contributed by atoms with Crippen molar-refractivity contribution in [3.63, 3.8) is 0 Å². The molecule has 20 heavy (non-hydrogen) atoms. The lowest BCUT2D eigenvalue weighted by atomic mass is 10.0. The minimum Gasteiger partial charge on any atom is -0.371 e.